The average Bonchev–Trinajstić information content (AvgIpc) is 3.27. The normalized spacial score (nSPS) is 25.4. The first-order chi connectivity index (χ1) is 13.0. The Bertz CT molecular complexity index is 820. The van der Waals surface area contributed by atoms with Crippen molar-refractivity contribution in [3.8, 4) is 0 Å². The van der Waals surface area contributed by atoms with Crippen molar-refractivity contribution in [2.75, 3.05) is 10.6 Å². The molecule has 4 atom stereocenters. The molecular formula is C21H18Cl2N2O2. The Morgan fingerprint density at radius 2 is 1.07 bits per heavy atom. The van der Waals surface area contributed by atoms with Crippen molar-refractivity contribution in [3.63, 3.8) is 0 Å². The summed E-state index contributed by atoms with van der Waals surface area (Å²) in [6.45, 7) is 0. The summed E-state index contributed by atoms with van der Waals surface area (Å²) in [5.41, 5.74) is 1.35. The monoisotopic (exact) mass is 400 g/mol. The minimum absolute atomic E-state index is 0.0864. The molecule has 2 aromatic carbocycles. The van der Waals surface area contributed by atoms with E-state index in [0.717, 1.165) is 6.42 Å². The highest BCUT2D eigenvalue weighted by Crippen LogP contribution is 2.48. The van der Waals surface area contributed by atoms with Crippen molar-refractivity contribution in [2.24, 2.45) is 23.7 Å². The van der Waals surface area contributed by atoms with Crippen LogP contribution in [0.3, 0.4) is 0 Å². The van der Waals surface area contributed by atoms with Crippen LogP contribution in [0.2, 0.25) is 10.0 Å². The molecule has 138 valence electrons. The second-order valence-corrected chi connectivity index (χ2v) is 7.87. The van der Waals surface area contributed by atoms with Crippen molar-refractivity contribution in [1.29, 1.82) is 0 Å². The summed E-state index contributed by atoms with van der Waals surface area (Å²) in [6, 6.07) is 13.9. The Hall–Kier alpha value is -2.30. The Labute approximate surface area is 167 Å². The molecule has 0 radical (unpaired) electrons. The van der Waals surface area contributed by atoms with Crippen LogP contribution in [-0.4, -0.2) is 11.8 Å². The number of amides is 2. The lowest BCUT2D eigenvalue weighted by atomic mass is 9.81. The number of nitrogens with one attached hydrogen (secondary N) is 2. The van der Waals surface area contributed by atoms with Gasteiger partial charge < -0.3 is 10.6 Å². The summed E-state index contributed by atoms with van der Waals surface area (Å²) in [7, 11) is 0. The topological polar surface area (TPSA) is 58.2 Å². The number of hydrogen-bond acceptors (Lipinski definition) is 2. The van der Waals surface area contributed by atoms with Crippen LogP contribution in [0.5, 0.6) is 0 Å². The average molecular weight is 401 g/mol. The van der Waals surface area contributed by atoms with Gasteiger partial charge in [0.2, 0.25) is 11.8 Å². The third kappa shape index (κ3) is 3.73. The van der Waals surface area contributed by atoms with Gasteiger partial charge in [0.1, 0.15) is 0 Å². The zero-order valence-electron chi connectivity index (χ0n) is 14.4. The van der Waals surface area contributed by atoms with E-state index in [-0.39, 0.29) is 35.5 Å². The van der Waals surface area contributed by atoms with E-state index in [0.29, 0.717) is 21.4 Å². The number of benzene rings is 2. The molecule has 1 saturated carbocycles. The molecule has 2 amide bonds. The second kappa shape index (κ2) is 7.37. The van der Waals surface area contributed by atoms with Crippen molar-refractivity contribution in [1.82, 2.24) is 0 Å². The molecule has 0 spiro atoms. The van der Waals surface area contributed by atoms with Crippen LogP contribution in [0.1, 0.15) is 6.42 Å². The first-order valence-corrected chi connectivity index (χ1v) is 9.58. The third-order valence-corrected chi connectivity index (χ3v) is 5.79. The van der Waals surface area contributed by atoms with Crippen LogP contribution in [0.25, 0.3) is 0 Å². The predicted molar refractivity (Wildman–Crippen MR) is 108 cm³/mol. The number of halogens is 2. The molecule has 2 N–H and O–H groups in total. The van der Waals surface area contributed by atoms with E-state index in [2.05, 4.69) is 22.8 Å². The van der Waals surface area contributed by atoms with Gasteiger partial charge in [-0.05, 0) is 66.8 Å². The van der Waals surface area contributed by atoms with Gasteiger partial charge in [-0.3, -0.25) is 9.59 Å². The van der Waals surface area contributed by atoms with Crippen LogP contribution in [0.4, 0.5) is 11.4 Å². The quantitative estimate of drug-likeness (QED) is 0.708. The van der Waals surface area contributed by atoms with Gasteiger partial charge in [0.05, 0.1) is 11.8 Å². The van der Waals surface area contributed by atoms with Crippen LogP contribution in [0, 0.1) is 23.7 Å². The van der Waals surface area contributed by atoms with Gasteiger partial charge in [0.15, 0.2) is 0 Å². The SMILES string of the molecule is O=C(Nc1ccc(Cl)cc1)[C@@H]1[C@@H](C(=O)Nc2ccc(Cl)cc2)[C@H]2C=C[C@H]1C2. The number of carbonyl (C=O) groups is 2. The number of fused-ring (bicyclic) bond motifs is 2. The number of hydrogen-bond donors (Lipinski definition) is 2. The van der Waals surface area contributed by atoms with E-state index in [1.54, 1.807) is 48.5 Å². The summed E-state index contributed by atoms with van der Waals surface area (Å²) < 4.78 is 0. The van der Waals surface area contributed by atoms with Crippen molar-refractivity contribution in [3.05, 3.63) is 70.7 Å². The molecular weight excluding hydrogens is 383 g/mol. The molecule has 0 heterocycles. The van der Waals surface area contributed by atoms with Crippen molar-refractivity contribution in [2.45, 2.75) is 6.42 Å². The van der Waals surface area contributed by atoms with E-state index >= 15 is 0 Å². The fraction of sp³-hybridized carbons (Fsp3) is 0.238. The lowest BCUT2D eigenvalue weighted by Gasteiger charge is -2.26. The van der Waals surface area contributed by atoms with Crippen LogP contribution in [0.15, 0.2) is 60.7 Å². The molecule has 4 nitrogen and oxygen atoms in total. The number of allylic oxidation sites excluding steroid dienone is 2. The zero-order valence-corrected chi connectivity index (χ0v) is 15.9. The molecule has 0 aromatic heterocycles. The number of anilines is 2. The Kier molecular flexibility index (Phi) is 4.94. The Morgan fingerprint density at radius 1 is 0.704 bits per heavy atom. The van der Waals surface area contributed by atoms with Gasteiger partial charge in [-0.15, -0.1) is 0 Å². The summed E-state index contributed by atoms with van der Waals surface area (Å²) in [4.78, 5) is 25.9. The molecule has 1 fully saturated rings. The first-order valence-electron chi connectivity index (χ1n) is 8.82. The molecule has 4 rings (SSSR count). The summed E-state index contributed by atoms with van der Waals surface area (Å²) in [5.74, 6) is -0.867. The molecule has 0 unspecified atom stereocenters. The summed E-state index contributed by atoms with van der Waals surface area (Å²) >= 11 is 11.8. The third-order valence-electron chi connectivity index (χ3n) is 5.29. The van der Waals surface area contributed by atoms with Crippen molar-refractivity contribution >= 4 is 46.4 Å². The molecule has 27 heavy (non-hydrogen) atoms. The van der Waals surface area contributed by atoms with Gasteiger partial charge in [-0.1, -0.05) is 35.4 Å². The van der Waals surface area contributed by atoms with Gasteiger partial charge in [-0.2, -0.15) is 0 Å². The molecule has 2 aromatic rings. The lowest BCUT2D eigenvalue weighted by molar-refractivity contribution is -0.129. The molecule has 6 heteroatoms. The molecule has 2 bridgehead atoms. The van der Waals surface area contributed by atoms with E-state index < -0.39 is 0 Å². The number of rotatable bonds is 4. The van der Waals surface area contributed by atoms with E-state index in [9.17, 15) is 9.59 Å². The van der Waals surface area contributed by atoms with Gasteiger partial charge >= 0.3 is 0 Å². The van der Waals surface area contributed by atoms with Crippen LogP contribution in [-0.2, 0) is 9.59 Å². The summed E-state index contributed by atoms with van der Waals surface area (Å²) in [5, 5.41) is 7.06. The highest BCUT2D eigenvalue weighted by Gasteiger charge is 2.51. The van der Waals surface area contributed by atoms with E-state index in [4.69, 9.17) is 23.2 Å². The maximum atomic E-state index is 12.9. The molecule has 2 aliphatic carbocycles. The number of carbonyl (C=O) groups excluding carboxylic acids is 2. The fourth-order valence-electron chi connectivity index (χ4n) is 4.05. The van der Waals surface area contributed by atoms with Gasteiger partial charge in [-0.25, -0.2) is 0 Å². The highest BCUT2D eigenvalue weighted by atomic mass is 35.5. The standard InChI is InChI=1S/C21H18Cl2N2O2/c22-14-3-7-16(8-4-14)24-20(26)18-12-1-2-13(11-12)19(18)21(27)25-17-9-5-15(23)6-10-17/h1-10,12-13,18-19H,11H2,(H,24,26)(H,25,27)/t12-,13-,18-,19-/m0/s1. The lowest BCUT2D eigenvalue weighted by Crippen LogP contribution is -2.39. The second-order valence-electron chi connectivity index (χ2n) is 6.99. The smallest absolute Gasteiger partial charge is 0.228 e. The molecule has 0 saturated heterocycles. The largest absolute Gasteiger partial charge is 0.326 e. The van der Waals surface area contributed by atoms with Gasteiger partial charge in [0.25, 0.3) is 0 Å². The van der Waals surface area contributed by atoms with E-state index in [1.807, 2.05) is 0 Å². The maximum Gasteiger partial charge on any atom is 0.228 e. The van der Waals surface area contributed by atoms with Crippen molar-refractivity contribution < 1.29 is 9.59 Å². The van der Waals surface area contributed by atoms with Crippen LogP contribution < -0.4 is 10.6 Å². The maximum absolute atomic E-state index is 12.9. The molecule has 2 aliphatic rings. The fourth-order valence-corrected chi connectivity index (χ4v) is 4.31. The van der Waals surface area contributed by atoms with Gasteiger partial charge in [0, 0.05) is 21.4 Å². The van der Waals surface area contributed by atoms with Crippen LogP contribution >= 0.6 is 23.2 Å². The summed E-state index contributed by atoms with van der Waals surface area (Å²) in [6.07, 6.45) is 4.95. The first kappa shape index (κ1) is 18.1. The molecule has 0 aliphatic heterocycles. The van der Waals surface area contributed by atoms with E-state index in [1.165, 1.54) is 0 Å². The highest BCUT2D eigenvalue weighted by molar-refractivity contribution is 6.31. The Balaban J connectivity index is 1.51. The zero-order chi connectivity index (χ0) is 19.0. The predicted octanol–water partition coefficient (Wildman–Crippen LogP) is 5.01. The minimum Gasteiger partial charge on any atom is -0.326 e. The Morgan fingerprint density at radius 3 is 1.44 bits per heavy atom. The minimum atomic E-state index is -0.386.